The molecule has 1 aromatic heterocycles. The van der Waals surface area contributed by atoms with Gasteiger partial charge in [-0.05, 0) is 35.7 Å². The van der Waals surface area contributed by atoms with Crippen molar-refractivity contribution in [3.8, 4) is 28.7 Å². The SMILES string of the molecule is CN(CCC(Oc1cccc2c1OCO2)c1cccs1)c1cccc2c1OCO2. The van der Waals surface area contributed by atoms with Gasteiger partial charge in [-0.15, -0.1) is 11.3 Å². The standard InChI is InChI=1S/C22H21NO5S/c1-23(15-5-2-6-17-21(15)26-13-24-17)11-10-16(20-9-4-12-29-20)28-19-8-3-7-18-22(19)27-14-25-18/h2-9,12,16H,10-11,13-14H2,1H3. The Bertz CT molecular complexity index is 991. The Hall–Kier alpha value is -3.06. The van der Waals surface area contributed by atoms with Crippen molar-refractivity contribution in [2.24, 2.45) is 0 Å². The Morgan fingerprint density at radius 3 is 2.48 bits per heavy atom. The first-order valence-electron chi connectivity index (χ1n) is 9.48. The maximum Gasteiger partial charge on any atom is 0.231 e. The van der Waals surface area contributed by atoms with Crippen LogP contribution in [0.15, 0.2) is 53.9 Å². The van der Waals surface area contributed by atoms with Crippen LogP contribution in [-0.4, -0.2) is 27.2 Å². The summed E-state index contributed by atoms with van der Waals surface area (Å²) in [5, 5.41) is 2.07. The molecule has 0 bridgehead atoms. The number of nitrogens with zero attached hydrogens (tertiary/aromatic N) is 1. The number of hydrogen-bond donors (Lipinski definition) is 0. The van der Waals surface area contributed by atoms with Crippen LogP contribution in [0.25, 0.3) is 0 Å². The number of ether oxygens (including phenoxy) is 5. The van der Waals surface area contributed by atoms with Gasteiger partial charge in [0.1, 0.15) is 6.10 Å². The van der Waals surface area contributed by atoms with Gasteiger partial charge in [0, 0.05) is 24.9 Å². The first-order chi connectivity index (χ1) is 14.3. The first kappa shape index (κ1) is 18.0. The summed E-state index contributed by atoms with van der Waals surface area (Å²) in [6.07, 6.45) is 0.702. The van der Waals surface area contributed by atoms with E-state index >= 15 is 0 Å². The summed E-state index contributed by atoms with van der Waals surface area (Å²) in [4.78, 5) is 3.35. The lowest BCUT2D eigenvalue weighted by molar-refractivity contribution is 0.159. The van der Waals surface area contributed by atoms with Crippen molar-refractivity contribution < 1.29 is 23.7 Å². The van der Waals surface area contributed by atoms with E-state index in [1.54, 1.807) is 11.3 Å². The molecule has 0 saturated heterocycles. The summed E-state index contributed by atoms with van der Waals surface area (Å²) < 4.78 is 28.6. The third-order valence-electron chi connectivity index (χ3n) is 5.00. The van der Waals surface area contributed by atoms with E-state index in [1.165, 1.54) is 4.88 Å². The van der Waals surface area contributed by atoms with Crippen molar-refractivity contribution in [3.63, 3.8) is 0 Å². The largest absolute Gasteiger partial charge is 0.481 e. The highest BCUT2D eigenvalue weighted by Crippen LogP contribution is 2.44. The lowest BCUT2D eigenvalue weighted by atomic mass is 10.2. The van der Waals surface area contributed by atoms with Gasteiger partial charge in [0.15, 0.2) is 23.0 Å². The second-order valence-electron chi connectivity index (χ2n) is 6.83. The Morgan fingerprint density at radius 2 is 1.69 bits per heavy atom. The molecule has 0 saturated carbocycles. The molecule has 7 heteroatoms. The van der Waals surface area contributed by atoms with E-state index in [1.807, 2.05) is 42.5 Å². The molecule has 6 nitrogen and oxygen atoms in total. The highest BCUT2D eigenvalue weighted by Gasteiger charge is 2.24. The zero-order valence-corrected chi connectivity index (χ0v) is 16.8. The van der Waals surface area contributed by atoms with Crippen LogP contribution in [-0.2, 0) is 0 Å². The second-order valence-corrected chi connectivity index (χ2v) is 7.81. The van der Waals surface area contributed by atoms with E-state index in [0.29, 0.717) is 11.5 Å². The van der Waals surface area contributed by atoms with Gasteiger partial charge in [-0.25, -0.2) is 0 Å². The Labute approximate surface area is 173 Å². The molecule has 1 atom stereocenters. The Balaban J connectivity index is 1.34. The Morgan fingerprint density at radius 1 is 0.931 bits per heavy atom. The van der Waals surface area contributed by atoms with Crippen molar-refractivity contribution in [1.29, 1.82) is 0 Å². The van der Waals surface area contributed by atoms with Crippen LogP contribution in [0.5, 0.6) is 28.7 Å². The van der Waals surface area contributed by atoms with Gasteiger partial charge in [-0.3, -0.25) is 0 Å². The smallest absolute Gasteiger partial charge is 0.231 e. The monoisotopic (exact) mass is 411 g/mol. The fourth-order valence-electron chi connectivity index (χ4n) is 3.53. The fraction of sp³-hybridized carbons (Fsp3) is 0.273. The van der Waals surface area contributed by atoms with Gasteiger partial charge in [-0.2, -0.15) is 0 Å². The van der Waals surface area contributed by atoms with Crippen molar-refractivity contribution in [2.75, 3.05) is 32.1 Å². The maximum atomic E-state index is 6.40. The molecule has 3 aromatic rings. The summed E-state index contributed by atoms with van der Waals surface area (Å²) >= 11 is 1.69. The number of anilines is 1. The minimum atomic E-state index is -0.0953. The van der Waals surface area contributed by atoms with Gasteiger partial charge in [0.2, 0.25) is 19.3 Å². The molecule has 5 rings (SSSR count). The summed E-state index contributed by atoms with van der Waals surface area (Å²) in [6.45, 7) is 1.28. The van der Waals surface area contributed by atoms with Crippen molar-refractivity contribution in [2.45, 2.75) is 12.5 Å². The summed E-state index contributed by atoms with van der Waals surface area (Å²) in [7, 11) is 2.06. The zero-order valence-electron chi connectivity index (χ0n) is 16.0. The van der Waals surface area contributed by atoms with E-state index < -0.39 is 0 Å². The maximum absolute atomic E-state index is 6.40. The number of rotatable bonds is 7. The van der Waals surface area contributed by atoms with Crippen LogP contribution in [0.4, 0.5) is 5.69 Å². The molecule has 0 radical (unpaired) electrons. The average Bonchev–Trinajstić information content (AvgIpc) is 3.51. The highest BCUT2D eigenvalue weighted by atomic mass is 32.1. The quantitative estimate of drug-likeness (QED) is 0.554. The van der Waals surface area contributed by atoms with E-state index in [4.69, 9.17) is 23.7 Å². The molecule has 150 valence electrons. The van der Waals surface area contributed by atoms with Gasteiger partial charge in [-0.1, -0.05) is 18.2 Å². The third-order valence-corrected chi connectivity index (χ3v) is 5.97. The minimum absolute atomic E-state index is 0.0953. The number of benzene rings is 2. The lowest BCUT2D eigenvalue weighted by Crippen LogP contribution is -2.22. The molecule has 0 N–H and O–H groups in total. The lowest BCUT2D eigenvalue weighted by Gasteiger charge is -2.24. The minimum Gasteiger partial charge on any atom is -0.481 e. The molecule has 0 amide bonds. The molecule has 3 heterocycles. The molecular weight excluding hydrogens is 390 g/mol. The summed E-state index contributed by atoms with van der Waals surface area (Å²) in [6, 6.07) is 15.8. The fourth-order valence-corrected chi connectivity index (χ4v) is 4.32. The third kappa shape index (κ3) is 3.53. The normalized spacial score (nSPS) is 14.7. The van der Waals surface area contributed by atoms with E-state index in [-0.39, 0.29) is 19.7 Å². The summed E-state index contributed by atoms with van der Waals surface area (Å²) in [5.74, 6) is 3.70. The van der Waals surface area contributed by atoms with Gasteiger partial charge < -0.3 is 28.6 Å². The predicted octanol–water partition coefficient (Wildman–Crippen LogP) is 4.85. The Kier molecular flexibility index (Phi) is 4.81. The van der Waals surface area contributed by atoms with Crippen molar-refractivity contribution in [3.05, 3.63) is 58.8 Å². The predicted molar refractivity (Wildman–Crippen MR) is 111 cm³/mol. The van der Waals surface area contributed by atoms with Crippen LogP contribution in [0.1, 0.15) is 17.4 Å². The van der Waals surface area contributed by atoms with Crippen LogP contribution in [0.2, 0.25) is 0 Å². The molecule has 0 aliphatic carbocycles. The van der Waals surface area contributed by atoms with Crippen LogP contribution >= 0.6 is 11.3 Å². The van der Waals surface area contributed by atoms with Gasteiger partial charge in [0.25, 0.3) is 0 Å². The van der Waals surface area contributed by atoms with E-state index in [2.05, 4.69) is 23.4 Å². The molecule has 1 unspecified atom stereocenters. The second kappa shape index (κ2) is 7.75. The topological polar surface area (TPSA) is 49.4 Å². The number of fused-ring (bicyclic) bond motifs is 2. The first-order valence-corrected chi connectivity index (χ1v) is 10.4. The highest BCUT2D eigenvalue weighted by molar-refractivity contribution is 7.10. The van der Waals surface area contributed by atoms with Crippen LogP contribution in [0, 0.1) is 0 Å². The number of thiophene rings is 1. The number of hydrogen-bond acceptors (Lipinski definition) is 7. The van der Waals surface area contributed by atoms with Crippen LogP contribution in [0.3, 0.4) is 0 Å². The van der Waals surface area contributed by atoms with Gasteiger partial charge in [0.05, 0.1) is 5.69 Å². The van der Waals surface area contributed by atoms with E-state index in [0.717, 1.165) is 35.9 Å². The molecule has 2 aliphatic heterocycles. The molecule has 29 heavy (non-hydrogen) atoms. The molecule has 2 aliphatic rings. The van der Waals surface area contributed by atoms with E-state index in [9.17, 15) is 0 Å². The van der Waals surface area contributed by atoms with Crippen molar-refractivity contribution >= 4 is 17.0 Å². The van der Waals surface area contributed by atoms with Crippen LogP contribution < -0.4 is 28.6 Å². The van der Waals surface area contributed by atoms with Crippen molar-refractivity contribution in [1.82, 2.24) is 0 Å². The zero-order chi connectivity index (χ0) is 19.6. The number of para-hydroxylation sites is 2. The average molecular weight is 411 g/mol. The molecule has 2 aromatic carbocycles. The van der Waals surface area contributed by atoms with Gasteiger partial charge >= 0.3 is 0 Å². The molecular formula is C22H21NO5S. The molecule has 0 spiro atoms. The summed E-state index contributed by atoms with van der Waals surface area (Å²) in [5.41, 5.74) is 1.02. The molecule has 0 fully saturated rings.